The second-order valence-electron chi connectivity index (χ2n) is 3.99. The fraction of sp³-hybridized carbons (Fsp3) is 0.700. The molecule has 24 heavy (non-hydrogen) atoms. The third-order valence-electron chi connectivity index (χ3n) is 2.40. The van der Waals surface area contributed by atoms with Crippen molar-refractivity contribution < 1.29 is 144 Å². The maximum Gasteiger partial charge on any atom is 1.00 e. The van der Waals surface area contributed by atoms with Gasteiger partial charge in [0.25, 0.3) is 0 Å². The number of aliphatic hydroxyl groups is 4. The van der Waals surface area contributed by atoms with Gasteiger partial charge in [-0.05, 0) is 0 Å². The number of carbonyl (C=O) groups excluding carboxylic acids is 3. The first-order valence-corrected chi connectivity index (χ1v) is 5.53. The Kier molecular flexibility index (Phi) is 22.4. The van der Waals surface area contributed by atoms with E-state index in [-0.39, 0.29) is 88.7 Å². The van der Waals surface area contributed by atoms with Gasteiger partial charge in [0.15, 0.2) is 0 Å². The van der Waals surface area contributed by atoms with E-state index in [1.54, 1.807) is 0 Å². The van der Waals surface area contributed by atoms with Crippen molar-refractivity contribution >= 4 is 17.9 Å². The van der Waals surface area contributed by atoms with Gasteiger partial charge in [0.1, 0.15) is 30.5 Å². The molecule has 5 atom stereocenters. The quantitative estimate of drug-likeness (QED) is 0.262. The number of ether oxygens (including phenoxy) is 1. The van der Waals surface area contributed by atoms with Crippen molar-refractivity contribution in [1.29, 1.82) is 0 Å². The van der Waals surface area contributed by atoms with E-state index in [0.29, 0.717) is 0 Å². The number of carboxylic acid groups (broad SMARTS) is 3. The average Bonchev–Trinajstić information content (AvgIpc) is 2.39. The van der Waals surface area contributed by atoms with Gasteiger partial charge in [-0.25, -0.2) is 0 Å². The number of aliphatic carboxylic acids is 3. The summed E-state index contributed by atoms with van der Waals surface area (Å²) in [7, 11) is 0. The van der Waals surface area contributed by atoms with Gasteiger partial charge in [0, 0.05) is 12.4 Å². The topological polar surface area (TPSA) is 211 Å². The molecule has 11 nitrogen and oxygen atoms in total. The first kappa shape index (κ1) is 32.8. The molecule has 0 aromatic rings. The summed E-state index contributed by atoms with van der Waals surface area (Å²) in [6, 6.07) is 0. The predicted molar refractivity (Wildman–Crippen MR) is 53.4 cm³/mol. The summed E-state index contributed by atoms with van der Waals surface area (Å²) in [5.74, 6) is -6.18. The molecule has 0 saturated heterocycles. The molecule has 0 fully saturated rings. The normalized spacial score (nSPS) is 16.0. The number of carboxylic acids is 3. The molecule has 5 unspecified atom stereocenters. The Hall–Kier alpha value is 1.21. The van der Waals surface area contributed by atoms with Gasteiger partial charge in [-0.3, -0.25) is 0 Å². The average molecular weight is 378 g/mol. The van der Waals surface area contributed by atoms with Crippen LogP contribution in [0.2, 0.25) is 0 Å². The van der Waals surface area contributed by atoms with Crippen molar-refractivity contribution in [3.63, 3.8) is 0 Å². The van der Waals surface area contributed by atoms with E-state index in [9.17, 15) is 39.9 Å². The smallest absolute Gasteiger partial charge is 0.550 e. The second kappa shape index (κ2) is 16.4. The van der Waals surface area contributed by atoms with Crippen LogP contribution in [0.1, 0.15) is 6.42 Å². The minimum Gasteiger partial charge on any atom is -0.550 e. The molecule has 0 spiro atoms. The largest absolute Gasteiger partial charge is 1.00 e. The van der Waals surface area contributed by atoms with Crippen LogP contribution in [0.25, 0.3) is 0 Å². The molecule has 0 saturated carbocycles. The zero-order valence-electron chi connectivity index (χ0n) is 13.4. The molecule has 0 radical (unpaired) electrons. The van der Waals surface area contributed by atoms with E-state index < -0.39 is 61.5 Å². The summed E-state index contributed by atoms with van der Waals surface area (Å²) in [6.45, 7) is -1.04. The van der Waals surface area contributed by atoms with Crippen LogP contribution in [0.4, 0.5) is 0 Å². The van der Waals surface area contributed by atoms with E-state index in [1.165, 1.54) is 0 Å². The van der Waals surface area contributed by atoms with Crippen LogP contribution in [0.15, 0.2) is 0 Å². The summed E-state index contributed by atoms with van der Waals surface area (Å²) in [5.41, 5.74) is 0. The number of hydrogen-bond acceptors (Lipinski definition) is 11. The molecule has 0 aliphatic heterocycles. The van der Waals surface area contributed by atoms with Crippen molar-refractivity contribution in [1.82, 2.24) is 0 Å². The summed E-state index contributed by atoms with van der Waals surface area (Å²) in [4.78, 5) is 31.7. The Morgan fingerprint density at radius 1 is 0.875 bits per heavy atom. The molecule has 0 aliphatic carbocycles. The Bertz CT molecular complexity index is 394. The predicted octanol–water partition coefficient (Wildman–Crippen LogP) is -16.5. The van der Waals surface area contributed by atoms with Gasteiger partial charge >= 0.3 is 88.7 Å². The third kappa shape index (κ3) is 11.8. The first-order valence-electron chi connectivity index (χ1n) is 5.53. The van der Waals surface area contributed by atoms with Gasteiger partial charge in [0.2, 0.25) is 0 Å². The van der Waals surface area contributed by atoms with Crippen LogP contribution < -0.4 is 104 Å². The van der Waals surface area contributed by atoms with Crippen molar-refractivity contribution in [3.8, 4) is 0 Å². The monoisotopic (exact) mass is 378 g/mol. The minimum absolute atomic E-state index is 0. The zero-order valence-corrected chi connectivity index (χ0v) is 19.4. The summed E-state index contributed by atoms with van der Waals surface area (Å²) in [6.07, 6.45) is -12.6. The molecule has 0 bridgehead atoms. The van der Waals surface area contributed by atoms with E-state index in [0.717, 1.165) is 0 Å². The minimum atomic E-state index is -2.50. The first-order chi connectivity index (χ1) is 9.61. The molecule has 14 heteroatoms. The van der Waals surface area contributed by atoms with Crippen LogP contribution >= 0.6 is 0 Å². The molecule has 122 valence electrons. The Morgan fingerprint density at radius 3 is 1.62 bits per heavy atom. The number of hydrogen-bond donors (Lipinski definition) is 4. The van der Waals surface area contributed by atoms with Crippen LogP contribution in [0.3, 0.4) is 0 Å². The van der Waals surface area contributed by atoms with Crippen LogP contribution in [0.5, 0.6) is 0 Å². The number of aliphatic hydroxyl groups excluding tert-OH is 4. The van der Waals surface area contributed by atoms with Crippen molar-refractivity contribution in [2.24, 2.45) is 0 Å². The van der Waals surface area contributed by atoms with E-state index in [1.807, 2.05) is 0 Å². The van der Waals surface area contributed by atoms with Crippen LogP contribution in [-0.2, 0) is 19.1 Å². The van der Waals surface area contributed by atoms with Gasteiger partial charge in [-0.15, -0.1) is 0 Å². The molecule has 0 aliphatic rings. The standard InChI is InChI=1S/C10H16O11.3Na/c11-2-3(12)6(15)7(16)8(10(19)20)21-4(9(17)18)1-5(13)14;;;/h3-4,6-8,11-12,15-16H,1-2H2,(H,13,14)(H,17,18)(H,19,20);;;/q;3*+1/p-3. The van der Waals surface area contributed by atoms with Crippen LogP contribution in [-0.4, -0.2) is 75.5 Å². The number of carbonyl (C=O) groups is 3. The molecule has 4 N–H and O–H groups in total. The fourth-order valence-corrected chi connectivity index (χ4v) is 1.31. The Morgan fingerprint density at radius 2 is 1.33 bits per heavy atom. The molecular formula is C10H13Na3O11. The van der Waals surface area contributed by atoms with Gasteiger partial charge in [-0.2, -0.15) is 0 Å². The molecule has 0 amide bonds. The van der Waals surface area contributed by atoms with Gasteiger partial charge in [-0.1, -0.05) is 0 Å². The molecular weight excluding hydrogens is 365 g/mol. The van der Waals surface area contributed by atoms with Crippen molar-refractivity contribution in [2.45, 2.75) is 36.9 Å². The fourth-order valence-electron chi connectivity index (χ4n) is 1.31. The molecule has 0 aromatic carbocycles. The zero-order chi connectivity index (χ0) is 16.7. The van der Waals surface area contributed by atoms with Crippen LogP contribution in [0, 0.1) is 0 Å². The van der Waals surface area contributed by atoms with E-state index >= 15 is 0 Å². The van der Waals surface area contributed by atoms with Crippen molar-refractivity contribution in [3.05, 3.63) is 0 Å². The third-order valence-corrected chi connectivity index (χ3v) is 2.40. The maximum atomic E-state index is 10.8. The summed E-state index contributed by atoms with van der Waals surface area (Å²) in [5, 5.41) is 68.1. The Labute approximate surface area is 202 Å². The van der Waals surface area contributed by atoms with Crippen molar-refractivity contribution in [2.75, 3.05) is 6.61 Å². The van der Waals surface area contributed by atoms with Gasteiger partial charge in [0.05, 0.1) is 18.5 Å². The summed E-state index contributed by atoms with van der Waals surface area (Å²) >= 11 is 0. The Balaban J connectivity index is -0.000000667. The second-order valence-corrected chi connectivity index (χ2v) is 3.99. The number of rotatable bonds is 10. The SMILES string of the molecule is O=C([O-])CC(OC(C(=O)[O-])C(O)C(O)C(O)CO)C(=O)[O-].[Na+].[Na+].[Na+]. The van der Waals surface area contributed by atoms with Gasteiger partial charge < -0.3 is 54.9 Å². The van der Waals surface area contributed by atoms with E-state index in [4.69, 9.17) is 10.2 Å². The molecule has 0 rings (SSSR count). The van der Waals surface area contributed by atoms with E-state index in [2.05, 4.69) is 4.74 Å². The molecule has 0 heterocycles. The summed E-state index contributed by atoms with van der Waals surface area (Å²) < 4.78 is 4.31. The molecule has 0 aromatic heterocycles. The maximum absolute atomic E-state index is 10.8.